The highest BCUT2D eigenvalue weighted by atomic mass is 16.1. The van der Waals surface area contributed by atoms with Crippen molar-refractivity contribution in [3.8, 4) is 0 Å². The van der Waals surface area contributed by atoms with Crippen molar-refractivity contribution in [1.29, 1.82) is 0 Å². The number of hydrogen-bond donors (Lipinski definition) is 0. The second-order valence-corrected chi connectivity index (χ2v) is 5.84. The van der Waals surface area contributed by atoms with Crippen molar-refractivity contribution < 1.29 is 4.79 Å². The average Bonchev–Trinajstić information content (AvgIpc) is 2.83. The van der Waals surface area contributed by atoms with Crippen LogP contribution in [0.15, 0.2) is 0 Å². The topological polar surface area (TPSA) is 17.1 Å². The molecule has 2 aliphatic rings. The molecule has 0 saturated heterocycles. The Morgan fingerprint density at radius 1 is 1.07 bits per heavy atom. The minimum Gasteiger partial charge on any atom is -0.299 e. The fourth-order valence-corrected chi connectivity index (χ4v) is 2.80. The van der Waals surface area contributed by atoms with Crippen LogP contribution in [-0.4, -0.2) is 5.78 Å². The van der Waals surface area contributed by atoms with Gasteiger partial charge in [-0.05, 0) is 24.7 Å². The van der Waals surface area contributed by atoms with Gasteiger partial charge in [0, 0.05) is 11.8 Å². The molecule has 2 rings (SSSR count). The van der Waals surface area contributed by atoms with Gasteiger partial charge in [-0.2, -0.15) is 0 Å². The van der Waals surface area contributed by atoms with Crippen molar-refractivity contribution in [3.63, 3.8) is 0 Å². The monoisotopic (exact) mass is 194 g/mol. The van der Waals surface area contributed by atoms with E-state index >= 15 is 0 Å². The summed E-state index contributed by atoms with van der Waals surface area (Å²) in [5.74, 6) is 1.42. The SMILES string of the molecule is CC1(C)CC1C(=O)C1CCCCCC1. The second kappa shape index (κ2) is 3.67. The summed E-state index contributed by atoms with van der Waals surface area (Å²) < 4.78 is 0. The molecule has 0 heterocycles. The minimum atomic E-state index is 0.337. The summed E-state index contributed by atoms with van der Waals surface area (Å²) in [5, 5.41) is 0. The second-order valence-electron chi connectivity index (χ2n) is 5.84. The van der Waals surface area contributed by atoms with Crippen LogP contribution in [0.3, 0.4) is 0 Å². The van der Waals surface area contributed by atoms with Crippen LogP contribution in [0, 0.1) is 17.3 Å². The van der Waals surface area contributed by atoms with Crippen LogP contribution in [0.1, 0.15) is 58.8 Å². The Labute approximate surface area is 87.3 Å². The largest absolute Gasteiger partial charge is 0.299 e. The van der Waals surface area contributed by atoms with Gasteiger partial charge in [-0.25, -0.2) is 0 Å². The standard InChI is InChI=1S/C13H22O/c1-13(2)9-11(13)12(14)10-7-5-3-4-6-8-10/h10-11H,3-9H2,1-2H3. The molecule has 0 amide bonds. The Bertz CT molecular complexity index is 221. The number of carbonyl (C=O) groups is 1. The molecule has 2 aliphatic carbocycles. The molecule has 1 atom stereocenters. The summed E-state index contributed by atoms with van der Waals surface area (Å²) in [6.45, 7) is 4.46. The minimum absolute atomic E-state index is 0.337. The fraction of sp³-hybridized carbons (Fsp3) is 0.923. The zero-order valence-corrected chi connectivity index (χ0v) is 9.51. The van der Waals surface area contributed by atoms with Crippen LogP contribution >= 0.6 is 0 Å². The predicted molar refractivity (Wildman–Crippen MR) is 58.1 cm³/mol. The lowest BCUT2D eigenvalue weighted by molar-refractivity contribution is -0.125. The van der Waals surface area contributed by atoms with E-state index in [1.165, 1.54) is 38.5 Å². The lowest BCUT2D eigenvalue weighted by Crippen LogP contribution is -2.18. The van der Waals surface area contributed by atoms with Gasteiger partial charge in [-0.3, -0.25) is 4.79 Å². The molecule has 1 nitrogen and oxygen atoms in total. The molecule has 0 aromatic heterocycles. The number of hydrogen-bond acceptors (Lipinski definition) is 1. The zero-order valence-electron chi connectivity index (χ0n) is 9.51. The van der Waals surface area contributed by atoms with Crippen molar-refractivity contribution in [2.75, 3.05) is 0 Å². The van der Waals surface area contributed by atoms with E-state index in [0.717, 1.165) is 6.42 Å². The van der Waals surface area contributed by atoms with Crippen LogP contribution < -0.4 is 0 Å². The zero-order chi connectivity index (χ0) is 10.2. The van der Waals surface area contributed by atoms with Gasteiger partial charge in [0.05, 0.1) is 0 Å². The summed E-state index contributed by atoms with van der Waals surface area (Å²) in [5.41, 5.74) is 0.337. The molecule has 0 radical (unpaired) electrons. The third-order valence-electron chi connectivity index (χ3n) is 4.11. The first-order valence-corrected chi connectivity index (χ1v) is 6.15. The smallest absolute Gasteiger partial charge is 0.139 e. The lowest BCUT2D eigenvalue weighted by atomic mass is 9.90. The molecule has 1 unspecified atom stereocenters. The molecule has 80 valence electrons. The Morgan fingerprint density at radius 2 is 1.57 bits per heavy atom. The van der Waals surface area contributed by atoms with Crippen LogP contribution in [0.2, 0.25) is 0 Å². The van der Waals surface area contributed by atoms with E-state index in [9.17, 15) is 4.79 Å². The first kappa shape index (κ1) is 10.2. The van der Waals surface area contributed by atoms with Gasteiger partial charge in [0.1, 0.15) is 5.78 Å². The third kappa shape index (κ3) is 2.02. The molecule has 2 fully saturated rings. The van der Waals surface area contributed by atoms with Crippen molar-refractivity contribution in [2.24, 2.45) is 17.3 Å². The maximum atomic E-state index is 12.1. The highest BCUT2D eigenvalue weighted by Crippen LogP contribution is 2.53. The molecule has 0 aromatic carbocycles. The summed E-state index contributed by atoms with van der Waals surface area (Å²) in [4.78, 5) is 12.1. The van der Waals surface area contributed by atoms with Crippen molar-refractivity contribution in [2.45, 2.75) is 58.8 Å². The molecule has 2 saturated carbocycles. The summed E-state index contributed by atoms with van der Waals surface area (Å²) in [6.07, 6.45) is 8.74. The number of carbonyl (C=O) groups excluding carboxylic acids is 1. The van der Waals surface area contributed by atoms with Gasteiger partial charge < -0.3 is 0 Å². The maximum Gasteiger partial charge on any atom is 0.139 e. The molecule has 0 bridgehead atoms. The van der Waals surface area contributed by atoms with E-state index < -0.39 is 0 Å². The van der Waals surface area contributed by atoms with Gasteiger partial charge in [0.2, 0.25) is 0 Å². The summed E-state index contributed by atoms with van der Waals surface area (Å²) in [6, 6.07) is 0. The molecule has 0 aliphatic heterocycles. The molecule has 14 heavy (non-hydrogen) atoms. The molecular weight excluding hydrogens is 172 g/mol. The molecule has 0 spiro atoms. The van der Waals surface area contributed by atoms with E-state index in [0.29, 0.717) is 23.0 Å². The van der Waals surface area contributed by atoms with E-state index in [1.807, 2.05) is 0 Å². The quantitative estimate of drug-likeness (QED) is 0.614. The van der Waals surface area contributed by atoms with Gasteiger partial charge in [0.15, 0.2) is 0 Å². The van der Waals surface area contributed by atoms with E-state index in [2.05, 4.69) is 13.8 Å². The average molecular weight is 194 g/mol. The number of ketones is 1. The predicted octanol–water partition coefficient (Wildman–Crippen LogP) is 3.57. The van der Waals surface area contributed by atoms with Gasteiger partial charge in [-0.15, -0.1) is 0 Å². The van der Waals surface area contributed by atoms with Crippen molar-refractivity contribution >= 4 is 5.78 Å². The Hall–Kier alpha value is -0.330. The molecule has 0 aromatic rings. The lowest BCUT2D eigenvalue weighted by Gasteiger charge is -2.13. The van der Waals surface area contributed by atoms with Gasteiger partial charge in [0.25, 0.3) is 0 Å². The third-order valence-corrected chi connectivity index (χ3v) is 4.11. The fourth-order valence-electron chi connectivity index (χ4n) is 2.80. The summed E-state index contributed by atoms with van der Waals surface area (Å²) >= 11 is 0. The van der Waals surface area contributed by atoms with Gasteiger partial charge >= 0.3 is 0 Å². The molecular formula is C13H22O. The van der Waals surface area contributed by atoms with Crippen LogP contribution in [0.25, 0.3) is 0 Å². The molecule has 0 N–H and O–H groups in total. The Balaban J connectivity index is 1.91. The normalized spacial score (nSPS) is 32.3. The maximum absolute atomic E-state index is 12.1. The molecule has 1 heteroatoms. The highest BCUT2D eigenvalue weighted by Gasteiger charge is 2.51. The van der Waals surface area contributed by atoms with E-state index in [-0.39, 0.29) is 0 Å². The van der Waals surface area contributed by atoms with E-state index in [1.54, 1.807) is 0 Å². The first-order valence-electron chi connectivity index (χ1n) is 6.15. The van der Waals surface area contributed by atoms with Gasteiger partial charge in [-0.1, -0.05) is 39.5 Å². The van der Waals surface area contributed by atoms with E-state index in [4.69, 9.17) is 0 Å². The number of rotatable bonds is 2. The van der Waals surface area contributed by atoms with Crippen LogP contribution in [0.4, 0.5) is 0 Å². The summed E-state index contributed by atoms with van der Waals surface area (Å²) in [7, 11) is 0. The number of Topliss-reactive ketones (excluding diaryl/α,β-unsaturated/α-hetero) is 1. The van der Waals surface area contributed by atoms with Crippen molar-refractivity contribution in [1.82, 2.24) is 0 Å². The first-order chi connectivity index (χ1) is 6.61. The van der Waals surface area contributed by atoms with Crippen molar-refractivity contribution in [3.05, 3.63) is 0 Å². The Kier molecular flexibility index (Phi) is 2.68. The van der Waals surface area contributed by atoms with Crippen LogP contribution in [0.5, 0.6) is 0 Å². The highest BCUT2D eigenvalue weighted by molar-refractivity contribution is 5.86. The Morgan fingerprint density at radius 3 is 2.00 bits per heavy atom. The van der Waals surface area contributed by atoms with Crippen LogP contribution in [-0.2, 0) is 4.79 Å².